The minimum atomic E-state index is -3.11. The lowest BCUT2D eigenvalue weighted by atomic mass is 9.71. The predicted molar refractivity (Wildman–Crippen MR) is 69.0 cm³/mol. The minimum Gasteiger partial charge on any atom is -0.395 e. The summed E-state index contributed by atoms with van der Waals surface area (Å²) in [7, 11) is -3.11. The Hall–Kier alpha value is -0.980. The number of aliphatic hydroxyl groups excluding tert-OH is 2. The molecule has 0 aromatic heterocycles. The van der Waals surface area contributed by atoms with Crippen LogP contribution in [0.3, 0.4) is 0 Å². The van der Waals surface area contributed by atoms with Gasteiger partial charge in [-0.15, -0.1) is 0 Å². The third kappa shape index (κ3) is 2.66. The van der Waals surface area contributed by atoms with E-state index in [0.29, 0.717) is 12.0 Å². The Bertz CT molecular complexity index is 534. The summed E-state index contributed by atoms with van der Waals surface area (Å²) in [4.78, 5) is 0. The lowest BCUT2D eigenvalue weighted by Gasteiger charge is -2.35. The van der Waals surface area contributed by atoms with E-state index in [2.05, 4.69) is 0 Å². The third-order valence-electron chi connectivity index (χ3n) is 4.00. The maximum absolute atomic E-state index is 13.0. The van der Waals surface area contributed by atoms with Gasteiger partial charge in [0.15, 0.2) is 9.84 Å². The first-order valence-corrected chi connectivity index (χ1v) is 7.94. The number of sulfone groups is 1. The molecule has 2 rings (SSSR count). The summed E-state index contributed by atoms with van der Waals surface area (Å²) in [6.07, 6.45) is 0.404. The minimum absolute atomic E-state index is 0.0501. The summed E-state index contributed by atoms with van der Waals surface area (Å²) in [6, 6.07) is 5.48. The van der Waals surface area contributed by atoms with Crippen LogP contribution in [0.4, 0.5) is 4.39 Å². The lowest BCUT2D eigenvalue weighted by molar-refractivity contribution is 0.0774. The molecule has 4 nitrogen and oxygen atoms in total. The van der Waals surface area contributed by atoms with E-state index >= 15 is 0 Å². The van der Waals surface area contributed by atoms with Crippen LogP contribution in [0.25, 0.3) is 0 Å². The molecule has 0 amide bonds. The summed E-state index contributed by atoms with van der Waals surface area (Å²) < 4.78 is 36.1. The molecule has 1 saturated heterocycles. The van der Waals surface area contributed by atoms with Crippen LogP contribution < -0.4 is 0 Å². The Balaban J connectivity index is 2.40. The second kappa shape index (κ2) is 5.19. The summed E-state index contributed by atoms with van der Waals surface area (Å²) in [5.41, 5.74) is -0.460. The maximum Gasteiger partial charge on any atom is 0.150 e. The second-order valence-corrected chi connectivity index (χ2v) is 7.31. The standard InChI is InChI=1S/C13H17FO4S/c14-12-3-1-10(2-4-12)13(8-15,9-16)11-5-6-19(17,18)7-11/h1-4,11,15-16H,5-9H2. The van der Waals surface area contributed by atoms with Gasteiger partial charge in [-0.1, -0.05) is 12.1 Å². The van der Waals surface area contributed by atoms with Crippen molar-refractivity contribution >= 4 is 9.84 Å². The van der Waals surface area contributed by atoms with E-state index in [4.69, 9.17) is 0 Å². The van der Waals surface area contributed by atoms with E-state index in [1.165, 1.54) is 24.3 Å². The Morgan fingerprint density at radius 2 is 1.79 bits per heavy atom. The molecule has 2 N–H and O–H groups in total. The number of halogens is 1. The molecule has 1 heterocycles. The van der Waals surface area contributed by atoms with E-state index in [1.54, 1.807) is 0 Å². The van der Waals surface area contributed by atoms with E-state index in [9.17, 15) is 23.0 Å². The van der Waals surface area contributed by atoms with Crippen molar-refractivity contribution in [3.8, 4) is 0 Å². The molecule has 1 fully saturated rings. The third-order valence-corrected chi connectivity index (χ3v) is 5.77. The fourth-order valence-corrected chi connectivity index (χ4v) is 4.65. The predicted octanol–water partition coefficient (Wildman–Crippen LogP) is 0.483. The van der Waals surface area contributed by atoms with Crippen LogP contribution in [0.5, 0.6) is 0 Å². The normalized spacial score (nSPS) is 22.6. The van der Waals surface area contributed by atoms with Gasteiger partial charge in [0.1, 0.15) is 5.82 Å². The fraction of sp³-hybridized carbons (Fsp3) is 0.538. The quantitative estimate of drug-likeness (QED) is 0.845. The average molecular weight is 288 g/mol. The summed E-state index contributed by atoms with van der Waals surface area (Å²) in [6.45, 7) is -0.732. The highest BCUT2D eigenvalue weighted by molar-refractivity contribution is 7.91. The van der Waals surface area contributed by atoms with Crippen LogP contribution in [-0.4, -0.2) is 43.4 Å². The van der Waals surface area contributed by atoms with Crippen LogP contribution in [-0.2, 0) is 15.3 Å². The van der Waals surface area contributed by atoms with Gasteiger partial charge in [0.2, 0.25) is 0 Å². The first-order chi connectivity index (χ1) is 8.93. The van der Waals surface area contributed by atoms with Crippen molar-refractivity contribution in [1.82, 2.24) is 0 Å². The number of hydrogen-bond acceptors (Lipinski definition) is 4. The molecule has 6 heteroatoms. The molecule has 0 bridgehead atoms. The molecule has 0 aliphatic carbocycles. The van der Waals surface area contributed by atoms with Gasteiger partial charge >= 0.3 is 0 Å². The number of hydrogen-bond donors (Lipinski definition) is 2. The Morgan fingerprint density at radius 1 is 1.21 bits per heavy atom. The van der Waals surface area contributed by atoms with Gasteiger partial charge in [-0.2, -0.15) is 0 Å². The van der Waals surface area contributed by atoms with Gasteiger partial charge in [0.25, 0.3) is 0 Å². The van der Waals surface area contributed by atoms with Gasteiger partial charge in [0, 0.05) is 5.41 Å². The number of aliphatic hydroxyl groups is 2. The first kappa shape index (κ1) is 14.4. The molecule has 1 aliphatic rings. The Kier molecular flexibility index (Phi) is 3.94. The van der Waals surface area contributed by atoms with Gasteiger partial charge in [-0.25, -0.2) is 12.8 Å². The molecule has 0 saturated carbocycles. The van der Waals surface area contributed by atoms with Crippen molar-refractivity contribution < 1.29 is 23.0 Å². The summed E-state index contributed by atoms with van der Waals surface area (Å²) in [5.74, 6) is -0.739. The van der Waals surface area contributed by atoms with Crippen molar-refractivity contribution in [3.63, 3.8) is 0 Å². The molecule has 106 valence electrons. The highest BCUT2D eigenvalue weighted by atomic mass is 32.2. The van der Waals surface area contributed by atoms with Crippen molar-refractivity contribution in [2.45, 2.75) is 11.8 Å². The van der Waals surface area contributed by atoms with Gasteiger partial charge < -0.3 is 10.2 Å². The molecular formula is C13H17FO4S. The Labute approximate surface area is 111 Å². The Morgan fingerprint density at radius 3 is 2.21 bits per heavy atom. The summed E-state index contributed by atoms with van der Waals surface area (Å²) >= 11 is 0. The van der Waals surface area contributed by atoms with Crippen molar-refractivity contribution in [2.75, 3.05) is 24.7 Å². The zero-order chi connectivity index (χ0) is 14.1. The maximum atomic E-state index is 13.0. The lowest BCUT2D eigenvalue weighted by Crippen LogP contribution is -2.43. The molecule has 1 unspecified atom stereocenters. The van der Waals surface area contributed by atoms with Crippen LogP contribution in [0.1, 0.15) is 12.0 Å². The van der Waals surface area contributed by atoms with Crippen molar-refractivity contribution in [3.05, 3.63) is 35.6 Å². The number of benzene rings is 1. The van der Waals surface area contributed by atoms with Crippen LogP contribution >= 0.6 is 0 Å². The van der Waals surface area contributed by atoms with Gasteiger partial charge in [-0.05, 0) is 30.0 Å². The molecule has 0 spiro atoms. The second-order valence-electron chi connectivity index (χ2n) is 5.08. The molecule has 1 aliphatic heterocycles. The van der Waals surface area contributed by atoms with Crippen LogP contribution in [0.15, 0.2) is 24.3 Å². The highest BCUT2D eigenvalue weighted by Crippen LogP contribution is 2.38. The molecule has 0 radical (unpaired) electrons. The SMILES string of the molecule is O=S1(=O)CCC(C(CO)(CO)c2ccc(F)cc2)C1. The van der Waals surface area contributed by atoms with Crippen LogP contribution in [0, 0.1) is 11.7 Å². The first-order valence-electron chi connectivity index (χ1n) is 6.12. The van der Waals surface area contributed by atoms with E-state index in [0.717, 1.165) is 0 Å². The monoisotopic (exact) mass is 288 g/mol. The number of rotatable bonds is 4. The zero-order valence-electron chi connectivity index (χ0n) is 10.4. The molecule has 1 aromatic rings. The van der Waals surface area contributed by atoms with E-state index < -0.39 is 21.1 Å². The van der Waals surface area contributed by atoms with Gasteiger partial charge in [0.05, 0.1) is 24.7 Å². The highest BCUT2D eigenvalue weighted by Gasteiger charge is 2.45. The zero-order valence-corrected chi connectivity index (χ0v) is 11.2. The van der Waals surface area contributed by atoms with Crippen LogP contribution in [0.2, 0.25) is 0 Å². The van der Waals surface area contributed by atoms with E-state index in [1.807, 2.05) is 0 Å². The summed E-state index contributed by atoms with van der Waals surface area (Å²) in [5, 5.41) is 19.4. The van der Waals surface area contributed by atoms with Crippen molar-refractivity contribution in [1.29, 1.82) is 0 Å². The fourth-order valence-electron chi connectivity index (χ4n) is 2.74. The molecule has 1 atom stereocenters. The average Bonchev–Trinajstić information content (AvgIpc) is 2.74. The topological polar surface area (TPSA) is 74.6 Å². The largest absolute Gasteiger partial charge is 0.395 e. The van der Waals surface area contributed by atoms with Gasteiger partial charge in [-0.3, -0.25) is 0 Å². The molecule has 1 aromatic carbocycles. The molecular weight excluding hydrogens is 271 g/mol. The molecule has 19 heavy (non-hydrogen) atoms. The van der Waals surface area contributed by atoms with Crippen molar-refractivity contribution in [2.24, 2.45) is 5.92 Å². The van der Waals surface area contributed by atoms with E-state index in [-0.39, 0.29) is 30.6 Å². The smallest absolute Gasteiger partial charge is 0.150 e.